The number of carbonyl (C=O) groups is 2. The van der Waals surface area contributed by atoms with Gasteiger partial charge >= 0.3 is 0 Å². The third-order valence-electron chi connectivity index (χ3n) is 4.87. The summed E-state index contributed by atoms with van der Waals surface area (Å²) in [6, 6.07) is 7.60. The summed E-state index contributed by atoms with van der Waals surface area (Å²) in [6.45, 7) is 4.56. The summed E-state index contributed by atoms with van der Waals surface area (Å²) in [6.07, 6.45) is 6.67. The molecule has 2 saturated heterocycles. The van der Waals surface area contributed by atoms with E-state index in [9.17, 15) is 9.59 Å². The lowest BCUT2D eigenvalue weighted by Crippen LogP contribution is -2.36. The van der Waals surface area contributed by atoms with Crippen LogP contribution < -0.4 is 4.74 Å². The van der Waals surface area contributed by atoms with Gasteiger partial charge in [0.05, 0.1) is 11.5 Å². The Bertz CT molecular complexity index is 753. The molecule has 2 aliphatic heterocycles. The molecule has 1 aromatic carbocycles. The monoisotopic (exact) mass is 418 g/mol. The summed E-state index contributed by atoms with van der Waals surface area (Å²) in [5, 5.41) is 0. The summed E-state index contributed by atoms with van der Waals surface area (Å²) in [4.78, 5) is 29.3. The summed E-state index contributed by atoms with van der Waals surface area (Å²) >= 11 is 6.67. The number of thioether (sulfide) groups is 1. The second-order valence-corrected chi connectivity index (χ2v) is 8.56. The number of hydrogen-bond acceptors (Lipinski definition) is 5. The zero-order valence-electron chi connectivity index (χ0n) is 16.2. The molecule has 5 nitrogen and oxygen atoms in total. The van der Waals surface area contributed by atoms with Crippen molar-refractivity contribution in [2.45, 2.75) is 39.0 Å². The van der Waals surface area contributed by atoms with Crippen molar-refractivity contribution in [1.82, 2.24) is 9.80 Å². The van der Waals surface area contributed by atoms with Gasteiger partial charge in [-0.15, -0.1) is 0 Å². The molecule has 2 fully saturated rings. The van der Waals surface area contributed by atoms with E-state index in [-0.39, 0.29) is 11.8 Å². The summed E-state index contributed by atoms with van der Waals surface area (Å²) < 4.78 is 5.96. The number of carbonyl (C=O) groups excluding carboxylic acids is 2. The molecule has 0 radical (unpaired) electrons. The molecule has 0 N–H and O–H groups in total. The van der Waals surface area contributed by atoms with Gasteiger partial charge in [-0.3, -0.25) is 14.5 Å². The van der Waals surface area contributed by atoms with Gasteiger partial charge < -0.3 is 9.64 Å². The maximum atomic E-state index is 12.7. The van der Waals surface area contributed by atoms with Crippen molar-refractivity contribution in [2.75, 3.05) is 26.2 Å². The van der Waals surface area contributed by atoms with Crippen molar-refractivity contribution in [3.8, 4) is 5.75 Å². The molecule has 0 saturated carbocycles. The molecule has 1 aromatic rings. The Morgan fingerprint density at radius 2 is 1.86 bits per heavy atom. The molecule has 0 atom stereocenters. The first kappa shape index (κ1) is 20.9. The largest absolute Gasteiger partial charge is 0.494 e. The standard InChI is InChI=1S/C21H26N2O3S2/c1-2-26-17-9-7-16(8-10-17)15-18-20(25)23(21(27)28-18)14-11-19(24)22-12-5-3-4-6-13-22/h7-10,15H,2-6,11-14H2,1H3/b18-15+. The highest BCUT2D eigenvalue weighted by molar-refractivity contribution is 8.26. The number of rotatable bonds is 6. The van der Waals surface area contributed by atoms with Gasteiger partial charge in [0.2, 0.25) is 5.91 Å². The molecular weight excluding hydrogens is 392 g/mol. The van der Waals surface area contributed by atoms with Crippen molar-refractivity contribution in [2.24, 2.45) is 0 Å². The van der Waals surface area contributed by atoms with Crippen molar-refractivity contribution in [3.63, 3.8) is 0 Å². The van der Waals surface area contributed by atoms with Crippen LogP contribution in [-0.2, 0) is 9.59 Å². The average molecular weight is 419 g/mol. The molecule has 28 heavy (non-hydrogen) atoms. The molecule has 150 valence electrons. The molecule has 2 heterocycles. The van der Waals surface area contributed by atoms with Crippen molar-refractivity contribution in [3.05, 3.63) is 34.7 Å². The van der Waals surface area contributed by atoms with Crippen LogP contribution in [0, 0.1) is 0 Å². The van der Waals surface area contributed by atoms with Crippen LogP contribution in [-0.4, -0.2) is 52.2 Å². The fourth-order valence-corrected chi connectivity index (χ4v) is 4.67. The number of thiocarbonyl (C=S) groups is 1. The first-order valence-electron chi connectivity index (χ1n) is 9.84. The van der Waals surface area contributed by atoms with E-state index in [4.69, 9.17) is 17.0 Å². The van der Waals surface area contributed by atoms with Crippen LogP contribution in [0.15, 0.2) is 29.2 Å². The van der Waals surface area contributed by atoms with E-state index in [1.54, 1.807) is 4.90 Å². The summed E-state index contributed by atoms with van der Waals surface area (Å²) in [5.41, 5.74) is 0.921. The molecule has 0 aromatic heterocycles. The number of benzene rings is 1. The van der Waals surface area contributed by atoms with E-state index >= 15 is 0 Å². The van der Waals surface area contributed by atoms with Crippen LogP contribution in [0.2, 0.25) is 0 Å². The van der Waals surface area contributed by atoms with Crippen molar-refractivity contribution >= 4 is 46.2 Å². The molecule has 3 rings (SSSR count). The number of likely N-dealkylation sites (tertiary alicyclic amines) is 1. The Morgan fingerprint density at radius 3 is 2.50 bits per heavy atom. The molecule has 0 spiro atoms. The third-order valence-corrected chi connectivity index (χ3v) is 6.25. The first-order valence-corrected chi connectivity index (χ1v) is 11.1. The van der Waals surface area contributed by atoms with Crippen LogP contribution >= 0.6 is 24.0 Å². The first-order chi connectivity index (χ1) is 13.6. The molecule has 2 aliphatic rings. The van der Waals surface area contributed by atoms with Crippen LogP contribution in [0.25, 0.3) is 6.08 Å². The second-order valence-electron chi connectivity index (χ2n) is 6.88. The highest BCUT2D eigenvalue weighted by Crippen LogP contribution is 2.33. The Morgan fingerprint density at radius 1 is 1.18 bits per heavy atom. The van der Waals surface area contributed by atoms with E-state index in [1.165, 1.54) is 24.6 Å². The van der Waals surface area contributed by atoms with Gasteiger partial charge in [0.1, 0.15) is 10.1 Å². The van der Waals surface area contributed by atoms with Gasteiger partial charge in [-0.25, -0.2) is 0 Å². The van der Waals surface area contributed by atoms with Gasteiger partial charge in [-0.1, -0.05) is 49.0 Å². The zero-order chi connectivity index (χ0) is 19.9. The molecule has 0 unspecified atom stereocenters. The van der Waals surface area contributed by atoms with Gasteiger partial charge in [-0.05, 0) is 43.5 Å². The number of ether oxygens (including phenoxy) is 1. The van der Waals surface area contributed by atoms with E-state index in [1.807, 2.05) is 42.2 Å². The van der Waals surface area contributed by atoms with Crippen LogP contribution in [0.1, 0.15) is 44.6 Å². The van der Waals surface area contributed by atoms with E-state index in [0.717, 1.165) is 37.2 Å². The van der Waals surface area contributed by atoms with Gasteiger partial charge in [-0.2, -0.15) is 0 Å². The molecule has 0 aliphatic carbocycles. The molecule has 7 heteroatoms. The maximum Gasteiger partial charge on any atom is 0.266 e. The van der Waals surface area contributed by atoms with Gasteiger partial charge in [0.25, 0.3) is 5.91 Å². The predicted molar refractivity (Wildman–Crippen MR) is 117 cm³/mol. The van der Waals surface area contributed by atoms with Crippen molar-refractivity contribution in [1.29, 1.82) is 0 Å². The van der Waals surface area contributed by atoms with Crippen LogP contribution in [0.5, 0.6) is 5.75 Å². The Kier molecular flexibility index (Phi) is 7.50. The lowest BCUT2D eigenvalue weighted by atomic mass is 10.2. The second kappa shape index (κ2) is 10.1. The normalized spacial score (nSPS) is 19.2. The fraction of sp³-hybridized carbons (Fsp3) is 0.476. The number of amides is 2. The molecule has 0 bridgehead atoms. The van der Waals surface area contributed by atoms with E-state index in [0.29, 0.717) is 28.8 Å². The third kappa shape index (κ3) is 5.35. The lowest BCUT2D eigenvalue weighted by Gasteiger charge is -2.22. The zero-order valence-corrected chi connectivity index (χ0v) is 17.8. The summed E-state index contributed by atoms with van der Waals surface area (Å²) in [5.74, 6) is 0.804. The minimum Gasteiger partial charge on any atom is -0.494 e. The van der Waals surface area contributed by atoms with E-state index in [2.05, 4.69) is 0 Å². The highest BCUT2D eigenvalue weighted by atomic mass is 32.2. The van der Waals surface area contributed by atoms with Gasteiger partial charge in [0, 0.05) is 26.1 Å². The lowest BCUT2D eigenvalue weighted by molar-refractivity contribution is -0.131. The number of hydrogen-bond donors (Lipinski definition) is 0. The predicted octanol–water partition coefficient (Wildman–Crippen LogP) is 4.08. The van der Waals surface area contributed by atoms with Gasteiger partial charge in [0.15, 0.2) is 0 Å². The average Bonchev–Trinajstić information content (AvgIpc) is 2.88. The SMILES string of the molecule is CCOc1ccc(/C=C2/SC(=S)N(CCC(=O)N3CCCCCC3)C2=O)cc1. The Balaban J connectivity index is 1.59. The highest BCUT2D eigenvalue weighted by Gasteiger charge is 2.32. The topological polar surface area (TPSA) is 49.9 Å². The van der Waals surface area contributed by atoms with Crippen LogP contribution in [0.4, 0.5) is 0 Å². The quantitative estimate of drug-likeness (QED) is 0.515. The number of nitrogens with zero attached hydrogens (tertiary/aromatic N) is 2. The minimum atomic E-state index is -0.118. The van der Waals surface area contributed by atoms with E-state index < -0.39 is 0 Å². The molecular formula is C21H26N2O3S2. The minimum absolute atomic E-state index is 0.117. The van der Waals surface area contributed by atoms with Crippen LogP contribution in [0.3, 0.4) is 0 Å². The maximum absolute atomic E-state index is 12.7. The Hall–Kier alpha value is -1.86. The smallest absolute Gasteiger partial charge is 0.266 e. The summed E-state index contributed by atoms with van der Waals surface area (Å²) in [7, 11) is 0. The fourth-order valence-electron chi connectivity index (χ4n) is 3.36. The molecule has 2 amide bonds. The Labute approximate surface area is 176 Å². The van der Waals surface area contributed by atoms with Crippen molar-refractivity contribution < 1.29 is 14.3 Å².